The molecular formula is C12H16ClN3O2. The first-order valence-corrected chi connectivity index (χ1v) is 6.19. The molecule has 5 nitrogen and oxygen atoms in total. The topological polar surface area (TPSA) is 68.5 Å². The van der Waals surface area contributed by atoms with Gasteiger partial charge in [0, 0.05) is 32.3 Å². The molecule has 6 heteroatoms. The number of amides is 1. The lowest BCUT2D eigenvalue weighted by molar-refractivity contribution is 0.0775. The normalized spacial score (nSPS) is 19.2. The molecule has 0 spiro atoms. The van der Waals surface area contributed by atoms with Gasteiger partial charge in [-0.1, -0.05) is 11.6 Å². The predicted molar refractivity (Wildman–Crippen MR) is 69.5 cm³/mol. The number of nitrogens with two attached hydrogens (primary N) is 1. The number of rotatable bonds is 3. The van der Waals surface area contributed by atoms with Crippen molar-refractivity contribution in [2.75, 3.05) is 32.5 Å². The molecule has 98 valence electrons. The summed E-state index contributed by atoms with van der Waals surface area (Å²) >= 11 is 5.98. The van der Waals surface area contributed by atoms with Crippen LogP contribution < -0.4 is 5.73 Å². The van der Waals surface area contributed by atoms with E-state index in [-0.39, 0.29) is 5.91 Å². The highest BCUT2D eigenvalue weighted by Crippen LogP contribution is 2.23. The number of carbonyl (C=O) groups is 1. The van der Waals surface area contributed by atoms with E-state index in [2.05, 4.69) is 4.98 Å². The van der Waals surface area contributed by atoms with E-state index in [0.29, 0.717) is 35.5 Å². The van der Waals surface area contributed by atoms with E-state index in [9.17, 15) is 4.79 Å². The van der Waals surface area contributed by atoms with Crippen molar-refractivity contribution in [3.05, 3.63) is 22.8 Å². The van der Waals surface area contributed by atoms with Crippen LogP contribution in [-0.4, -0.2) is 42.6 Å². The van der Waals surface area contributed by atoms with Crippen LogP contribution in [0.1, 0.15) is 16.8 Å². The Labute approximate surface area is 111 Å². The molecule has 1 aliphatic heterocycles. The molecule has 2 rings (SSSR count). The summed E-state index contributed by atoms with van der Waals surface area (Å²) in [5.41, 5.74) is 6.00. The molecule has 0 saturated carbocycles. The number of carbonyl (C=O) groups excluding carboxylic acids is 1. The molecule has 1 atom stereocenters. The number of aromatic nitrogens is 1. The first-order chi connectivity index (χ1) is 8.61. The first-order valence-electron chi connectivity index (χ1n) is 5.81. The van der Waals surface area contributed by atoms with Crippen molar-refractivity contribution in [1.82, 2.24) is 9.88 Å². The maximum atomic E-state index is 12.3. The lowest BCUT2D eigenvalue weighted by atomic mass is 10.1. The number of likely N-dealkylation sites (tertiary alicyclic amines) is 1. The molecule has 18 heavy (non-hydrogen) atoms. The van der Waals surface area contributed by atoms with Gasteiger partial charge in [0.05, 0.1) is 17.2 Å². The summed E-state index contributed by atoms with van der Waals surface area (Å²) in [7, 11) is 1.67. The van der Waals surface area contributed by atoms with Gasteiger partial charge in [-0.3, -0.25) is 4.79 Å². The second kappa shape index (κ2) is 5.54. The highest BCUT2D eigenvalue weighted by Gasteiger charge is 2.28. The SMILES string of the molecule is COCC1CCN(C(=O)c2cc(N)ncc2Cl)C1. The number of hydrogen-bond donors (Lipinski definition) is 1. The summed E-state index contributed by atoms with van der Waals surface area (Å²) in [6.45, 7) is 2.10. The summed E-state index contributed by atoms with van der Waals surface area (Å²) in [5.74, 6) is 0.611. The predicted octanol–water partition coefficient (Wildman–Crippen LogP) is 1.43. The number of ether oxygens (including phenoxy) is 1. The molecule has 1 aromatic rings. The van der Waals surface area contributed by atoms with Crippen molar-refractivity contribution in [3.63, 3.8) is 0 Å². The summed E-state index contributed by atoms with van der Waals surface area (Å²) in [6.07, 6.45) is 2.37. The van der Waals surface area contributed by atoms with Crippen LogP contribution in [0.4, 0.5) is 5.82 Å². The van der Waals surface area contributed by atoms with Gasteiger partial charge in [0.2, 0.25) is 0 Å². The zero-order chi connectivity index (χ0) is 13.1. The van der Waals surface area contributed by atoms with Crippen molar-refractivity contribution in [2.45, 2.75) is 6.42 Å². The van der Waals surface area contributed by atoms with Crippen LogP contribution >= 0.6 is 11.6 Å². The molecule has 1 aromatic heterocycles. The van der Waals surface area contributed by atoms with Crippen LogP contribution in [-0.2, 0) is 4.74 Å². The minimum atomic E-state index is -0.0901. The molecular weight excluding hydrogens is 254 g/mol. The number of methoxy groups -OCH3 is 1. The Morgan fingerprint density at radius 3 is 3.22 bits per heavy atom. The van der Waals surface area contributed by atoms with E-state index in [1.165, 1.54) is 12.3 Å². The average Bonchev–Trinajstić information content (AvgIpc) is 2.80. The molecule has 0 radical (unpaired) electrons. The Morgan fingerprint density at radius 1 is 1.72 bits per heavy atom. The van der Waals surface area contributed by atoms with Gasteiger partial charge in [-0.25, -0.2) is 4.98 Å². The second-order valence-corrected chi connectivity index (χ2v) is 4.86. The number of nitrogen functional groups attached to an aromatic ring is 1. The summed E-state index contributed by atoms with van der Waals surface area (Å²) in [5, 5.41) is 0.337. The van der Waals surface area contributed by atoms with E-state index in [0.717, 1.165) is 13.0 Å². The molecule has 2 N–H and O–H groups in total. The Balaban J connectivity index is 2.10. The molecule has 1 saturated heterocycles. The largest absolute Gasteiger partial charge is 0.384 e. The zero-order valence-corrected chi connectivity index (χ0v) is 11.0. The van der Waals surface area contributed by atoms with E-state index in [1.54, 1.807) is 12.0 Å². The van der Waals surface area contributed by atoms with Gasteiger partial charge >= 0.3 is 0 Å². The van der Waals surface area contributed by atoms with Crippen molar-refractivity contribution in [1.29, 1.82) is 0 Å². The lowest BCUT2D eigenvalue weighted by Gasteiger charge is -2.17. The molecule has 1 fully saturated rings. The van der Waals surface area contributed by atoms with Gasteiger partial charge < -0.3 is 15.4 Å². The van der Waals surface area contributed by atoms with E-state index in [1.807, 2.05) is 0 Å². The van der Waals surface area contributed by atoms with Crippen LogP contribution in [0.5, 0.6) is 0 Å². The van der Waals surface area contributed by atoms with Crippen LogP contribution in [0, 0.1) is 5.92 Å². The first kappa shape index (κ1) is 13.1. The van der Waals surface area contributed by atoms with Crippen LogP contribution in [0.3, 0.4) is 0 Å². The van der Waals surface area contributed by atoms with Crippen LogP contribution in [0.2, 0.25) is 5.02 Å². The standard InChI is InChI=1S/C12H16ClN3O2/c1-18-7-8-2-3-16(6-8)12(17)9-4-11(14)15-5-10(9)13/h4-5,8H,2-3,6-7H2,1H3,(H2,14,15). The zero-order valence-electron chi connectivity index (χ0n) is 10.2. The quantitative estimate of drug-likeness (QED) is 0.901. The molecule has 1 amide bonds. The fourth-order valence-electron chi connectivity index (χ4n) is 2.18. The van der Waals surface area contributed by atoms with E-state index >= 15 is 0 Å². The minimum Gasteiger partial charge on any atom is -0.384 e. The van der Waals surface area contributed by atoms with Crippen molar-refractivity contribution >= 4 is 23.3 Å². The third kappa shape index (κ3) is 2.73. The van der Waals surface area contributed by atoms with Crippen molar-refractivity contribution in [3.8, 4) is 0 Å². The molecule has 1 unspecified atom stereocenters. The van der Waals surface area contributed by atoms with Gasteiger partial charge in [0.15, 0.2) is 0 Å². The Kier molecular flexibility index (Phi) is 4.04. The molecule has 0 aliphatic carbocycles. The number of halogens is 1. The molecule has 2 heterocycles. The highest BCUT2D eigenvalue weighted by atomic mass is 35.5. The Bertz CT molecular complexity index is 453. The summed E-state index contributed by atoms with van der Waals surface area (Å²) in [6, 6.07) is 1.52. The second-order valence-electron chi connectivity index (χ2n) is 4.45. The monoisotopic (exact) mass is 269 g/mol. The van der Waals surface area contributed by atoms with E-state index < -0.39 is 0 Å². The third-order valence-electron chi connectivity index (χ3n) is 3.08. The van der Waals surface area contributed by atoms with Crippen LogP contribution in [0.25, 0.3) is 0 Å². The Morgan fingerprint density at radius 2 is 2.50 bits per heavy atom. The van der Waals surface area contributed by atoms with Gasteiger partial charge in [-0.05, 0) is 12.5 Å². The number of anilines is 1. The van der Waals surface area contributed by atoms with Gasteiger partial charge in [-0.15, -0.1) is 0 Å². The van der Waals surface area contributed by atoms with Crippen molar-refractivity contribution < 1.29 is 9.53 Å². The highest BCUT2D eigenvalue weighted by molar-refractivity contribution is 6.33. The van der Waals surface area contributed by atoms with Crippen molar-refractivity contribution in [2.24, 2.45) is 5.92 Å². The minimum absolute atomic E-state index is 0.0901. The molecule has 0 aromatic carbocycles. The number of hydrogen-bond acceptors (Lipinski definition) is 4. The maximum absolute atomic E-state index is 12.3. The van der Waals surface area contributed by atoms with Gasteiger partial charge in [0.1, 0.15) is 5.82 Å². The average molecular weight is 270 g/mol. The molecule has 1 aliphatic rings. The van der Waals surface area contributed by atoms with E-state index in [4.69, 9.17) is 22.1 Å². The number of nitrogens with zero attached hydrogens (tertiary/aromatic N) is 2. The fraction of sp³-hybridized carbons (Fsp3) is 0.500. The third-order valence-corrected chi connectivity index (χ3v) is 3.38. The Hall–Kier alpha value is -1.33. The smallest absolute Gasteiger partial charge is 0.255 e. The number of pyridine rings is 1. The summed E-state index contributed by atoms with van der Waals surface area (Å²) in [4.78, 5) is 17.9. The summed E-state index contributed by atoms with van der Waals surface area (Å²) < 4.78 is 5.11. The fourth-order valence-corrected chi connectivity index (χ4v) is 2.36. The molecule has 0 bridgehead atoms. The van der Waals surface area contributed by atoms with Gasteiger partial charge in [-0.2, -0.15) is 0 Å². The maximum Gasteiger partial charge on any atom is 0.255 e. The lowest BCUT2D eigenvalue weighted by Crippen LogP contribution is -2.29. The van der Waals surface area contributed by atoms with Gasteiger partial charge in [0.25, 0.3) is 5.91 Å². The van der Waals surface area contributed by atoms with Crippen LogP contribution in [0.15, 0.2) is 12.3 Å².